The van der Waals surface area contributed by atoms with Gasteiger partial charge in [0.25, 0.3) is 5.91 Å². The number of methoxy groups -OCH3 is 1. The highest BCUT2D eigenvalue weighted by molar-refractivity contribution is 7.90. The highest BCUT2D eigenvalue weighted by Gasteiger charge is 2.59. The quantitative estimate of drug-likeness (QED) is 0.513. The van der Waals surface area contributed by atoms with Crippen LogP contribution >= 0.6 is 0 Å². The van der Waals surface area contributed by atoms with E-state index in [4.69, 9.17) is 10.5 Å². The molecule has 1 heterocycles. The number of carbonyl (C=O) groups is 1. The Hall–Kier alpha value is -3.05. The van der Waals surface area contributed by atoms with Gasteiger partial charge in [-0.3, -0.25) is 4.79 Å². The molecular formula is C27H30F3N3O4S. The van der Waals surface area contributed by atoms with Crippen molar-refractivity contribution in [1.29, 1.82) is 0 Å². The number of sulfone groups is 1. The first kappa shape index (κ1) is 26.6. The molecule has 0 radical (unpaired) electrons. The molecule has 2 aliphatic carbocycles. The van der Waals surface area contributed by atoms with E-state index in [1.165, 1.54) is 18.3 Å². The lowest BCUT2D eigenvalue weighted by Crippen LogP contribution is -2.52. The number of rotatable bonds is 8. The third kappa shape index (κ3) is 5.01. The maximum absolute atomic E-state index is 13.9. The number of nitrogens with two attached hydrogens (primary N) is 1. The number of benzene rings is 2. The molecule has 11 heteroatoms. The Morgan fingerprint density at radius 1 is 1.05 bits per heavy atom. The van der Waals surface area contributed by atoms with Crippen LogP contribution in [0.25, 0.3) is 0 Å². The van der Waals surface area contributed by atoms with E-state index < -0.39 is 38.8 Å². The molecule has 0 bridgehead atoms. The normalized spacial score (nSPS) is 20.9. The van der Waals surface area contributed by atoms with Gasteiger partial charge in [-0.1, -0.05) is 12.1 Å². The fourth-order valence-corrected chi connectivity index (χ4v) is 6.97. The number of carbonyl (C=O) groups excluding carboxylic acids is 1. The second kappa shape index (κ2) is 9.01. The molecule has 1 spiro atoms. The molecule has 7 nitrogen and oxygen atoms in total. The van der Waals surface area contributed by atoms with Crippen LogP contribution in [-0.2, 0) is 20.0 Å². The summed E-state index contributed by atoms with van der Waals surface area (Å²) in [6, 6.07) is 11.4. The van der Waals surface area contributed by atoms with Gasteiger partial charge < -0.3 is 20.7 Å². The van der Waals surface area contributed by atoms with Gasteiger partial charge >= 0.3 is 6.18 Å². The summed E-state index contributed by atoms with van der Waals surface area (Å²) in [5.41, 5.74) is 6.03. The summed E-state index contributed by atoms with van der Waals surface area (Å²) >= 11 is 0. The Kier molecular flexibility index (Phi) is 6.30. The third-order valence-corrected chi connectivity index (χ3v) is 8.90. The average Bonchev–Trinajstić information content (AvgIpc) is 3.78. The van der Waals surface area contributed by atoms with Crippen molar-refractivity contribution < 1.29 is 31.1 Å². The molecule has 0 aromatic heterocycles. The largest absolute Gasteiger partial charge is 0.497 e. The first-order valence-corrected chi connectivity index (χ1v) is 14.4. The van der Waals surface area contributed by atoms with E-state index in [-0.39, 0.29) is 23.6 Å². The SMILES string of the molecule is COc1ccc(NC2=C(C(N)C(F)(F)F)C3(CC3)CN(c3ccc(C4(CS(C)(=O)=O)CC4)cc3)C2=O)cc1. The smallest absolute Gasteiger partial charge is 0.407 e. The van der Waals surface area contributed by atoms with Crippen LogP contribution in [-0.4, -0.2) is 52.2 Å². The van der Waals surface area contributed by atoms with Crippen LogP contribution < -0.4 is 20.7 Å². The zero-order valence-corrected chi connectivity index (χ0v) is 22.0. The Bertz CT molecular complexity index is 1380. The molecule has 1 unspecified atom stereocenters. The van der Waals surface area contributed by atoms with Gasteiger partial charge in [0.05, 0.1) is 12.9 Å². The van der Waals surface area contributed by atoms with E-state index >= 15 is 0 Å². The second-order valence-corrected chi connectivity index (χ2v) is 12.9. The molecular weight excluding hydrogens is 519 g/mol. The number of nitrogens with one attached hydrogen (secondary N) is 1. The zero-order chi connectivity index (χ0) is 27.5. The Labute approximate surface area is 219 Å². The van der Waals surface area contributed by atoms with Gasteiger partial charge in [-0.15, -0.1) is 0 Å². The molecule has 1 amide bonds. The van der Waals surface area contributed by atoms with Crippen LogP contribution in [0.15, 0.2) is 59.8 Å². The topological polar surface area (TPSA) is 102 Å². The fraction of sp³-hybridized carbons (Fsp3) is 0.444. The number of nitrogens with zero attached hydrogens (tertiary/aromatic N) is 1. The standard InChI is InChI=1S/C27H30F3N3O4S/c1-37-20-9-5-18(6-10-20)32-22-21(23(31)27(28,29)30)25(11-12-25)15-33(24(22)34)19-7-3-17(4-8-19)26(13-14-26)16-38(2,35)36/h3-10,23,32H,11-16,31H2,1-2H3. The van der Waals surface area contributed by atoms with E-state index in [0.29, 0.717) is 30.0 Å². The van der Waals surface area contributed by atoms with Crippen LogP contribution in [0.1, 0.15) is 31.2 Å². The van der Waals surface area contributed by atoms with Crippen LogP contribution in [0.3, 0.4) is 0 Å². The fourth-order valence-electron chi connectivity index (χ4n) is 5.51. The lowest BCUT2D eigenvalue weighted by molar-refractivity contribution is -0.141. The maximum atomic E-state index is 13.9. The van der Waals surface area contributed by atoms with Gasteiger partial charge in [0.15, 0.2) is 0 Å². The van der Waals surface area contributed by atoms with Crippen molar-refractivity contribution in [2.75, 3.05) is 35.9 Å². The number of anilines is 2. The molecule has 5 rings (SSSR count). The molecule has 3 N–H and O–H groups in total. The summed E-state index contributed by atoms with van der Waals surface area (Å²) in [7, 11) is -1.67. The summed E-state index contributed by atoms with van der Waals surface area (Å²) in [6.07, 6.45) is -0.987. The molecule has 3 aliphatic rings. The maximum Gasteiger partial charge on any atom is 0.407 e. The van der Waals surface area contributed by atoms with Crippen LogP contribution in [0, 0.1) is 5.41 Å². The summed E-state index contributed by atoms with van der Waals surface area (Å²) in [6.45, 7) is 0.0898. The van der Waals surface area contributed by atoms with Crippen molar-refractivity contribution in [1.82, 2.24) is 0 Å². The molecule has 0 saturated heterocycles. The summed E-state index contributed by atoms with van der Waals surface area (Å²) in [5, 5.41) is 2.94. The van der Waals surface area contributed by atoms with Gasteiger partial charge in [-0.05, 0) is 73.2 Å². The molecule has 2 saturated carbocycles. The van der Waals surface area contributed by atoms with Gasteiger partial charge in [-0.2, -0.15) is 13.2 Å². The predicted molar refractivity (Wildman–Crippen MR) is 139 cm³/mol. The van der Waals surface area contributed by atoms with Crippen molar-refractivity contribution in [3.05, 3.63) is 65.4 Å². The van der Waals surface area contributed by atoms with Gasteiger partial charge in [-0.25, -0.2) is 8.42 Å². The van der Waals surface area contributed by atoms with E-state index in [1.54, 1.807) is 36.4 Å². The van der Waals surface area contributed by atoms with Crippen molar-refractivity contribution in [2.45, 2.75) is 43.3 Å². The molecule has 1 atom stereocenters. The summed E-state index contributed by atoms with van der Waals surface area (Å²) in [5.74, 6) is 0.0251. The average molecular weight is 550 g/mol. The first-order valence-electron chi connectivity index (χ1n) is 12.4. The second-order valence-electron chi connectivity index (χ2n) is 10.7. The predicted octanol–water partition coefficient (Wildman–Crippen LogP) is 4.15. The zero-order valence-electron chi connectivity index (χ0n) is 21.1. The molecule has 38 heavy (non-hydrogen) atoms. The van der Waals surface area contributed by atoms with E-state index in [2.05, 4.69) is 5.32 Å². The lowest BCUT2D eigenvalue weighted by atomic mass is 9.83. The Morgan fingerprint density at radius 3 is 2.13 bits per heavy atom. The number of amides is 1. The van der Waals surface area contributed by atoms with Crippen LogP contribution in [0.5, 0.6) is 5.75 Å². The summed E-state index contributed by atoms with van der Waals surface area (Å²) < 4.78 is 70.6. The number of alkyl halides is 3. The minimum atomic E-state index is -4.71. The molecule has 2 aromatic rings. The number of hydrogen-bond acceptors (Lipinski definition) is 6. The molecule has 1 aliphatic heterocycles. The number of halogens is 3. The number of hydrogen-bond donors (Lipinski definition) is 2. The number of ether oxygens (including phenoxy) is 1. The molecule has 204 valence electrons. The van der Waals surface area contributed by atoms with Crippen molar-refractivity contribution in [2.24, 2.45) is 11.1 Å². The van der Waals surface area contributed by atoms with Gasteiger partial charge in [0, 0.05) is 35.0 Å². The highest BCUT2D eigenvalue weighted by atomic mass is 32.2. The lowest BCUT2D eigenvalue weighted by Gasteiger charge is -2.39. The third-order valence-electron chi connectivity index (χ3n) is 7.82. The van der Waals surface area contributed by atoms with E-state index in [9.17, 15) is 26.4 Å². The van der Waals surface area contributed by atoms with Crippen molar-refractivity contribution in [3.8, 4) is 5.75 Å². The van der Waals surface area contributed by atoms with Gasteiger partial charge in [0.1, 0.15) is 27.3 Å². The Balaban J connectivity index is 1.51. The Morgan fingerprint density at radius 2 is 1.66 bits per heavy atom. The van der Waals surface area contributed by atoms with Gasteiger partial charge in [0.2, 0.25) is 0 Å². The van der Waals surface area contributed by atoms with Crippen molar-refractivity contribution >= 4 is 27.1 Å². The molecule has 2 aromatic carbocycles. The van der Waals surface area contributed by atoms with Crippen molar-refractivity contribution in [3.63, 3.8) is 0 Å². The van der Waals surface area contributed by atoms with Crippen LogP contribution in [0.2, 0.25) is 0 Å². The summed E-state index contributed by atoms with van der Waals surface area (Å²) in [4.78, 5) is 15.3. The van der Waals surface area contributed by atoms with Crippen LogP contribution in [0.4, 0.5) is 24.5 Å². The monoisotopic (exact) mass is 549 g/mol. The highest BCUT2D eigenvalue weighted by Crippen LogP contribution is 2.58. The van der Waals surface area contributed by atoms with E-state index in [1.807, 2.05) is 12.1 Å². The first-order chi connectivity index (χ1) is 17.8. The minimum absolute atomic E-state index is 0.0580. The van der Waals surface area contributed by atoms with E-state index in [0.717, 1.165) is 18.4 Å². The molecule has 2 fully saturated rings. The minimum Gasteiger partial charge on any atom is -0.497 e.